The van der Waals surface area contributed by atoms with Crippen molar-refractivity contribution in [2.75, 3.05) is 7.11 Å². The predicted molar refractivity (Wildman–Crippen MR) is 167 cm³/mol. The third-order valence-electron chi connectivity index (χ3n) is 5.86. The van der Waals surface area contributed by atoms with Crippen molar-refractivity contribution in [1.29, 1.82) is 0 Å². The third kappa shape index (κ3) is 7.24. The quantitative estimate of drug-likeness (QED) is 0.0896. The number of benzene rings is 2. The number of amides is 1. The number of methoxy groups -OCH3 is 1. The number of hydrogen-bond acceptors (Lipinski definition) is 7. The first-order chi connectivity index (χ1) is 19.2. The first-order valence-electron chi connectivity index (χ1n) is 12.2. The minimum atomic E-state index is -0.737. The Hall–Kier alpha value is -3.33. The van der Waals surface area contributed by atoms with E-state index in [-0.39, 0.29) is 12.4 Å². The molecule has 0 spiro atoms. The second-order valence-electron chi connectivity index (χ2n) is 8.80. The Labute approximate surface area is 259 Å². The summed E-state index contributed by atoms with van der Waals surface area (Å²) in [6.45, 7) is 5.94. The summed E-state index contributed by atoms with van der Waals surface area (Å²) in [5.74, 6) is 0.956. The maximum atomic E-state index is 12.5. The van der Waals surface area contributed by atoms with Crippen LogP contribution in [0, 0.1) is 21.0 Å². The standard InChI is InChI=1S/C29H27I2N3O6/c1-17-5-6-18(2)34(17)21-7-9-22(10-8-21)38-16-23-11-12-26(40-23)28(35)33-32-15-20-13-24(30)27(25(31)14-20)39-19(3)29(36)37-4/h5-15,19H,16H2,1-4H3,(H,33,35)/b32-15+/t19-/m1/s1. The molecule has 4 aromatic rings. The molecule has 1 N–H and O–H groups in total. The second kappa shape index (κ2) is 13.4. The molecule has 0 unspecified atom stereocenters. The molecule has 0 radical (unpaired) electrons. The Morgan fingerprint density at radius 3 is 2.30 bits per heavy atom. The van der Waals surface area contributed by atoms with Crippen LogP contribution in [0.3, 0.4) is 0 Å². The third-order valence-corrected chi connectivity index (χ3v) is 7.46. The minimum absolute atomic E-state index is 0.120. The van der Waals surface area contributed by atoms with Crippen molar-refractivity contribution >= 4 is 63.3 Å². The Morgan fingerprint density at radius 2 is 1.68 bits per heavy atom. The minimum Gasteiger partial charge on any atom is -0.486 e. The van der Waals surface area contributed by atoms with E-state index in [4.69, 9.17) is 18.6 Å². The Morgan fingerprint density at radius 1 is 1.02 bits per heavy atom. The molecule has 2 aromatic heterocycles. The summed E-state index contributed by atoms with van der Waals surface area (Å²) in [6.07, 6.45) is 0.780. The van der Waals surface area contributed by atoms with Gasteiger partial charge in [-0.15, -0.1) is 0 Å². The van der Waals surface area contributed by atoms with Crippen molar-refractivity contribution in [2.24, 2.45) is 5.10 Å². The summed E-state index contributed by atoms with van der Waals surface area (Å²) in [5.41, 5.74) is 6.60. The lowest BCUT2D eigenvalue weighted by molar-refractivity contribution is -0.147. The number of esters is 1. The van der Waals surface area contributed by atoms with Gasteiger partial charge in [0.2, 0.25) is 0 Å². The molecule has 9 nitrogen and oxygen atoms in total. The van der Waals surface area contributed by atoms with Crippen LogP contribution in [0.1, 0.15) is 40.2 Å². The van der Waals surface area contributed by atoms with Crippen LogP contribution in [0.15, 0.2) is 70.2 Å². The molecule has 0 aliphatic rings. The van der Waals surface area contributed by atoms with Gasteiger partial charge in [-0.25, -0.2) is 10.2 Å². The van der Waals surface area contributed by atoms with E-state index < -0.39 is 18.0 Å². The van der Waals surface area contributed by atoms with Gasteiger partial charge in [0.05, 0.1) is 20.5 Å². The Kier molecular flexibility index (Phi) is 9.90. The summed E-state index contributed by atoms with van der Waals surface area (Å²) in [7, 11) is 1.32. The number of furan rings is 1. The van der Waals surface area contributed by atoms with Gasteiger partial charge in [0, 0.05) is 17.1 Å². The number of hydrogen-bond donors (Lipinski definition) is 1. The second-order valence-corrected chi connectivity index (χ2v) is 11.1. The van der Waals surface area contributed by atoms with Gasteiger partial charge in [-0.05, 0) is 132 Å². The van der Waals surface area contributed by atoms with Gasteiger partial charge in [-0.2, -0.15) is 5.10 Å². The van der Waals surface area contributed by atoms with Crippen LogP contribution in [0.2, 0.25) is 0 Å². The molecule has 11 heteroatoms. The smallest absolute Gasteiger partial charge is 0.346 e. The lowest BCUT2D eigenvalue weighted by Crippen LogP contribution is -2.25. The monoisotopic (exact) mass is 767 g/mol. The normalized spacial score (nSPS) is 11.8. The van der Waals surface area contributed by atoms with Crippen molar-refractivity contribution < 1.29 is 28.2 Å². The number of rotatable bonds is 10. The highest BCUT2D eigenvalue weighted by molar-refractivity contribution is 14.1. The van der Waals surface area contributed by atoms with Gasteiger partial charge in [-0.3, -0.25) is 4.79 Å². The van der Waals surface area contributed by atoms with Crippen molar-refractivity contribution in [2.45, 2.75) is 33.5 Å². The number of ether oxygens (including phenoxy) is 3. The topological polar surface area (TPSA) is 104 Å². The molecule has 40 heavy (non-hydrogen) atoms. The Balaban J connectivity index is 1.30. The lowest BCUT2D eigenvalue weighted by atomic mass is 10.2. The molecule has 1 atom stereocenters. The highest BCUT2D eigenvalue weighted by atomic mass is 127. The number of hydrazone groups is 1. The van der Waals surface area contributed by atoms with Crippen molar-refractivity contribution in [1.82, 2.24) is 9.99 Å². The molecular formula is C29H27I2N3O6. The van der Waals surface area contributed by atoms with Gasteiger partial charge in [-0.1, -0.05) is 0 Å². The molecule has 0 aliphatic carbocycles. The molecule has 2 heterocycles. The zero-order valence-electron chi connectivity index (χ0n) is 22.2. The van der Waals surface area contributed by atoms with Crippen LogP contribution in [0.5, 0.6) is 11.5 Å². The van der Waals surface area contributed by atoms with E-state index in [9.17, 15) is 9.59 Å². The summed E-state index contributed by atoms with van der Waals surface area (Å²) >= 11 is 4.23. The fourth-order valence-corrected chi connectivity index (χ4v) is 5.95. The predicted octanol–water partition coefficient (Wildman–Crippen LogP) is 6.18. The number of halogens is 2. The molecule has 0 bridgehead atoms. The van der Waals surface area contributed by atoms with E-state index in [2.05, 4.69) is 86.3 Å². The average molecular weight is 767 g/mol. The van der Waals surface area contributed by atoms with Gasteiger partial charge in [0.15, 0.2) is 11.9 Å². The zero-order valence-corrected chi connectivity index (χ0v) is 26.6. The van der Waals surface area contributed by atoms with Gasteiger partial charge in [0.1, 0.15) is 23.9 Å². The van der Waals surface area contributed by atoms with Crippen LogP contribution in [-0.4, -0.2) is 35.9 Å². The van der Waals surface area contributed by atoms with Gasteiger partial charge < -0.3 is 23.2 Å². The summed E-state index contributed by atoms with van der Waals surface area (Å²) in [6, 6.07) is 18.9. The SMILES string of the molecule is COC(=O)[C@@H](C)Oc1c(I)cc(/C=N/NC(=O)c2ccc(COc3ccc(-n4c(C)ccc4C)cc3)o2)cc1I. The molecule has 2 aromatic carbocycles. The molecule has 0 fully saturated rings. The van der Waals surface area contributed by atoms with Crippen molar-refractivity contribution in [3.8, 4) is 17.2 Å². The molecule has 0 aliphatic heterocycles. The fraction of sp³-hybridized carbons (Fsp3) is 0.207. The molecular weight excluding hydrogens is 740 g/mol. The number of aromatic nitrogens is 1. The first kappa shape index (κ1) is 29.6. The van der Waals surface area contributed by atoms with Crippen LogP contribution in [-0.2, 0) is 16.1 Å². The first-order valence-corrected chi connectivity index (χ1v) is 14.4. The summed E-state index contributed by atoms with van der Waals surface area (Å²) in [4.78, 5) is 24.2. The number of aryl methyl sites for hydroxylation is 2. The van der Waals surface area contributed by atoms with E-state index in [0.717, 1.165) is 29.8 Å². The highest BCUT2D eigenvalue weighted by Gasteiger charge is 2.18. The number of carbonyl (C=O) groups is 2. The van der Waals surface area contributed by atoms with Crippen LogP contribution >= 0.6 is 45.2 Å². The van der Waals surface area contributed by atoms with Crippen LogP contribution < -0.4 is 14.9 Å². The van der Waals surface area contributed by atoms with E-state index >= 15 is 0 Å². The molecule has 0 saturated carbocycles. The molecule has 1 amide bonds. The molecule has 0 saturated heterocycles. The highest BCUT2D eigenvalue weighted by Crippen LogP contribution is 2.29. The van der Waals surface area contributed by atoms with E-state index in [1.165, 1.54) is 13.3 Å². The van der Waals surface area contributed by atoms with Crippen LogP contribution in [0.25, 0.3) is 5.69 Å². The fourth-order valence-electron chi connectivity index (χ4n) is 3.88. The summed E-state index contributed by atoms with van der Waals surface area (Å²) in [5, 5.41) is 4.04. The van der Waals surface area contributed by atoms with Crippen molar-refractivity contribution in [3.05, 3.63) is 96.3 Å². The van der Waals surface area contributed by atoms with Gasteiger partial charge in [0.25, 0.3) is 0 Å². The lowest BCUT2D eigenvalue weighted by Gasteiger charge is -2.15. The molecule has 4 rings (SSSR count). The van der Waals surface area contributed by atoms with Gasteiger partial charge >= 0.3 is 11.9 Å². The van der Waals surface area contributed by atoms with Crippen molar-refractivity contribution in [3.63, 3.8) is 0 Å². The number of nitrogens with one attached hydrogen (secondary N) is 1. The maximum absolute atomic E-state index is 12.5. The van der Waals surface area contributed by atoms with E-state index in [1.807, 2.05) is 36.4 Å². The number of nitrogens with zero attached hydrogens (tertiary/aromatic N) is 2. The van der Waals surface area contributed by atoms with E-state index in [0.29, 0.717) is 17.3 Å². The Bertz CT molecular complexity index is 1500. The zero-order chi connectivity index (χ0) is 28.8. The average Bonchev–Trinajstić information content (AvgIpc) is 3.55. The maximum Gasteiger partial charge on any atom is 0.346 e. The van der Waals surface area contributed by atoms with E-state index in [1.54, 1.807) is 19.1 Å². The molecule has 208 valence electrons. The number of carbonyl (C=O) groups excluding carboxylic acids is 2. The summed E-state index contributed by atoms with van der Waals surface area (Å²) < 4.78 is 25.7. The largest absolute Gasteiger partial charge is 0.486 e. The van der Waals surface area contributed by atoms with Crippen LogP contribution in [0.4, 0.5) is 0 Å².